The third-order valence-electron chi connectivity index (χ3n) is 4.11. The number of hydrogen-bond acceptors (Lipinski definition) is 3. The molecule has 5 heteroatoms. The number of amides is 1. The molecule has 2 N–H and O–H groups in total. The number of carboxylic acids is 1. The van der Waals surface area contributed by atoms with Crippen LogP contribution in [-0.2, 0) is 9.59 Å². The maximum Gasteiger partial charge on any atom is 0.307 e. The SMILES string of the molecule is C=C(CC(CC(=O)NCCCN(C)C)C(=O)O)CC(C)(C)CC. The molecule has 0 rings (SSSR count). The highest BCUT2D eigenvalue weighted by Gasteiger charge is 2.24. The molecular formula is C18H34N2O3. The van der Waals surface area contributed by atoms with E-state index in [0.29, 0.717) is 13.0 Å². The Morgan fingerprint density at radius 2 is 1.87 bits per heavy atom. The number of aliphatic carboxylic acids is 1. The van der Waals surface area contributed by atoms with Gasteiger partial charge in [0, 0.05) is 13.0 Å². The first kappa shape index (κ1) is 21.6. The number of hydrogen-bond donors (Lipinski definition) is 2. The smallest absolute Gasteiger partial charge is 0.307 e. The van der Waals surface area contributed by atoms with Gasteiger partial charge in [0.15, 0.2) is 0 Å². The molecule has 0 saturated heterocycles. The minimum absolute atomic E-state index is 0.0167. The molecule has 1 amide bonds. The van der Waals surface area contributed by atoms with Gasteiger partial charge in [0.1, 0.15) is 0 Å². The van der Waals surface area contributed by atoms with Crippen LogP contribution in [0.1, 0.15) is 52.9 Å². The summed E-state index contributed by atoms with van der Waals surface area (Å²) in [5, 5.41) is 12.1. The first-order chi connectivity index (χ1) is 10.6. The number of nitrogens with zero attached hydrogens (tertiary/aromatic N) is 1. The summed E-state index contributed by atoms with van der Waals surface area (Å²) in [5.41, 5.74) is 1.03. The molecule has 0 spiro atoms. The monoisotopic (exact) mass is 326 g/mol. The fourth-order valence-corrected chi connectivity index (χ4v) is 2.39. The summed E-state index contributed by atoms with van der Waals surface area (Å²) in [4.78, 5) is 25.4. The maximum atomic E-state index is 11.9. The average Bonchev–Trinajstić information content (AvgIpc) is 2.42. The van der Waals surface area contributed by atoms with E-state index in [2.05, 4.69) is 32.7 Å². The average molecular weight is 326 g/mol. The van der Waals surface area contributed by atoms with Crippen molar-refractivity contribution in [1.82, 2.24) is 10.2 Å². The van der Waals surface area contributed by atoms with E-state index in [0.717, 1.165) is 31.4 Å². The second-order valence-corrected chi connectivity index (χ2v) is 7.39. The standard InChI is InChI=1S/C18H34N2O3/c1-7-18(3,4)13-14(2)11-15(17(22)23)12-16(21)19-9-8-10-20(5)6/h15H,2,7-13H2,1,3-6H3,(H,19,21)(H,22,23). The van der Waals surface area contributed by atoms with E-state index in [1.54, 1.807) is 0 Å². The lowest BCUT2D eigenvalue weighted by atomic mass is 9.81. The molecule has 0 saturated carbocycles. The fourth-order valence-electron chi connectivity index (χ4n) is 2.39. The summed E-state index contributed by atoms with van der Waals surface area (Å²) in [5.74, 6) is -1.81. The summed E-state index contributed by atoms with van der Waals surface area (Å²) in [6.45, 7) is 11.9. The molecule has 0 aliphatic heterocycles. The summed E-state index contributed by atoms with van der Waals surface area (Å²) < 4.78 is 0. The Morgan fingerprint density at radius 3 is 2.35 bits per heavy atom. The summed E-state index contributed by atoms with van der Waals surface area (Å²) in [6.07, 6.45) is 3.04. The van der Waals surface area contributed by atoms with Gasteiger partial charge >= 0.3 is 5.97 Å². The lowest BCUT2D eigenvalue weighted by Crippen LogP contribution is -2.30. The van der Waals surface area contributed by atoms with Gasteiger partial charge in [-0.05, 0) is 45.3 Å². The Hall–Kier alpha value is -1.36. The number of carbonyl (C=O) groups excluding carboxylic acids is 1. The highest BCUT2D eigenvalue weighted by Crippen LogP contribution is 2.31. The van der Waals surface area contributed by atoms with Crippen molar-refractivity contribution in [2.75, 3.05) is 27.2 Å². The zero-order chi connectivity index (χ0) is 18.0. The van der Waals surface area contributed by atoms with Gasteiger partial charge in [0.25, 0.3) is 0 Å². The van der Waals surface area contributed by atoms with Gasteiger partial charge in [-0.3, -0.25) is 9.59 Å². The van der Waals surface area contributed by atoms with Crippen LogP contribution in [0.25, 0.3) is 0 Å². The predicted molar refractivity (Wildman–Crippen MR) is 94.4 cm³/mol. The van der Waals surface area contributed by atoms with Gasteiger partial charge in [0.2, 0.25) is 5.91 Å². The van der Waals surface area contributed by atoms with Crippen LogP contribution in [0.5, 0.6) is 0 Å². The Morgan fingerprint density at radius 1 is 1.26 bits per heavy atom. The third kappa shape index (κ3) is 10.9. The van der Waals surface area contributed by atoms with Crippen LogP contribution in [0.4, 0.5) is 0 Å². The minimum atomic E-state index is -0.927. The van der Waals surface area contributed by atoms with Gasteiger partial charge in [-0.1, -0.05) is 39.3 Å². The van der Waals surface area contributed by atoms with Crippen molar-refractivity contribution in [2.24, 2.45) is 11.3 Å². The van der Waals surface area contributed by atoms with Crippen LogP contribution >= 0.6 is 0 Å². The molecule has 1 unspecified atom stereocenters. The third-order valence-corrected chi connectivity index (χ3v) is 4.11. The summed E-state index contributed by atoms with van der Waals surface area (Å²) in [6, 6.07) is 0. The molecule has 0 radical (unpaired) electrons. The molecule has 134 valence electrons. The van der Waals surface area contributed by atoms with Crippen LogP contribution in [0.3, 0.4) is 0 Å². The molecule has 0 aromatic heterocycles. The van der Waals surface area contributed by atoms with Gasteiger partial charge < -0.3 is 15.3 Å². The maximum absolute atomic E-state index is 11.9. The van der Waals surface area contributed by atoms with Crippen LogP contribution in [0.15, 0.2) is 12.2 Å². The Balaban J connectivity index is 4.33. The number of carboxylic acid groups (broad SMARTS) is 1. The van der Waals surface area contributed by atoms with Crippen molar-refractivity contribution in [3.8, 4) is 0 Å². The molecule has 0 heterocycles. The van der Waals surface area contributed by atoms with Crippen molar-refractivity contribution < 1.29 is 14.7 Å². The van der Waals surface area contributed by atoms with Crippen LogP contribution in [0, 0.1) is 11.3 Å². The predicted octanol–water partition coefficient (Wildman–Crippen LogP) is 2.92. The highest BCUT2D eigenvalue weighted by molar-refractivity contribution is 5.82. The molecule has 0 fully saturated rings. The normalized spacial score (nSPS) is 13.0. The van der Waals surface area contributed by atoms with Crippen molar-refractivity contribution in [2.45, 2.75) is 52.9 Å². The molecule has 5 nitrogen and oxygen atoms in total. The zero-order valence-electron chi connectivity index (χ0n) is 15.4. The Bertz CT molecular complexity index is 403. The lowest BCUT2D eigenvalue weighted by molar-refractivity contribution is -0.144. The van der Waals surface area contributed by atoms with E-state index in [-0.39, 0.29) is 17.7 Å². The second kappa shape index (κ2) is 10.4. The molecular weight excluding hydrogens is 292 g/mol. The van der Waals surface area contributed by atoms with E-state index < -0.39 is 11.9 Å². The molecule has 0 aliphatic carbocycles. The van der Waals surface area contributed by atoms with Crippen LogP contribution in [-0.4, -0.2) is 49.1 Å². The number of allylic oxidation sites excluding steroid dienone is 1. The van der Waals surface area contributed by atoms with E-state index in [9.17, 15) is 14.7 Å². The van der Waals surface area contributed by atoms with Gasteiger partial charge in [0.05, 0.1) is 5.92 Å². The highest BCUT2D eigenvalue weighted by atomic mass is 16.4. The van der Waals surface area contributed by atoms with Crippen molar-refractivity contribution in [3.05, 3.63) is 12.2 Å². The van der Waals surface area contributed by atoms with Crippen LogP contribution in [0.2, 0.25) is 0 Å². The largest absolute Gasteiger partial charge is 0.481 e. The Labute approximate surface area is 141 Å². The fraction of sp³-hybridized carbons (Fsp3) is 0.778. The molecule has 0 aromatic rings. The topological polar surface area (TPSA) is 69.6 Å². The molecule has 0 aromatic carbocycles. The molecule has 23 heavy (non-hydrogen) atoms. The Kier molecular flexibility index (Phi) is 9.80. The summed E-state index contributed by atoms with van der Waals surface area (Å²) >= 11 is 0. The number of nitrogens with one attached hydrogen (secondary N) is 1. The zero-order valence-corrected chi connectivity index (χ0v) is 15.4. The van der Waals surface area contributed by atoms with Crippen molar-refractivity contribution >= 4 is 11.9 Å². The quantitative estimate of drug-likeness (QED) is 0.427. The van der Waals surface area contributed by atoms with Gasteiger partial charge in [-0.15, -0.1) is 0 Å². The van der Waals surface area contributed by atoms with Gasteiger partial charge in [-0.25, -0.2) is 0 Å². The van der Waals surface area contributed by atoms with E-state index in [1.807, 2.05) is 19.0 Å². The van der Waals surface area contributed by atoms with Crippen molar-refractivity contribution in [3.63, 3.8) is 0 Å². The molecule has 1 atom stereocenters. The minimum Gasteiger partial charge on any atom is -0.481 e. The van der Waals surface area contributed by atoms with Crippen molar-refractivity contribution in [1.29, 1.82) is 0 Å². The van der Waals surface area contributed by atoms with E-state index >= 15 is 0 Å². The van der Waals surface area contributed by atoms with E-state index in [1.165, 1.54) is 0 Å². The van der Waals surface area contributed by atoms with Gasteiger partial charge in [-0.2, -0.15) is 0 Å². The number of carbonyl (C=O) groups is 2. The second-order valence-electron chi connectivity index (χ2n) is 7.39. The van der Waals surface area contributed by atoms with Crippen LogP contribution < -0.4 is 5.32 Å². The molecule has 0 bridgehead atoms. The first-order valence-corrected chi connectivity index (χ1v) is 8.38. The van der Waals surface area contributed by atoms with E-state index in [4.69, 9.17) is 0 Å². The number of rotatable bonds is 12. The lowest BCUT2D eigenvalue weighted by Gasteiger charge is -2.25. The summed E-state index contributed by atoms with van der Waals surface area (Å²) in [7, 11) is 3.96. The molecule has 0 aliphatic rings. The first-order valence-electron chi connectivity index (χ1n) is 8.38.